The van der Waals surface area contributed by atoms with Gasteiger partial charge in [0.1, 0.15) is 5.01 Å². The zero-order valence-corrected chi connectivity index (χ0v) is 10.7. The number of alkyl halides is 1. The van der Waals surface area contributed by atoms with E-state index in [4.69, 9.17) is 4.74 Å². The predicted molar refractivity (Wildman–Crippen MR) is 59.8 cm³/mol. The predicted octanol–water partition coefficient (Wildman–Crippen LogP) is 2.62. The van der Waals surface area contributed by atoms with Crippen molar-refractivity contribution in [2.45, 2.75) is 25.1 Å². The lowest BCUT2D eigenvalue weighted by Gasteiger charge is -2.17. The molecule has 0 bridgehead atoms. The van der Waals surface area contributed by atoms with Gasteiger partial charge in [-0.2, -0.15) is 0 Å². The molecule has 0 saturated carbocycles. The van der Waals surface area contributed by atoms with Crippen molar-refractivity contribution < 1.29 is 9.53 Å². The smallest absolute Gasteiger partial charge is 0.329 e. The first-order valence-corrected chi connectivity index (χ1v) is 5.94. The lowest BCUT2D eigenvalue weighted by Crippen LogP contribution is -2.27. The molecule has 0 aromatic carbocycles. The minimum absolute atomic E-state index is 0.297. The number of hydrogen-bond donors (Lipinski definition) is 0. The third-order valence-corrected chi connectivity index (χ3v) is 3.82. The number of rotatable bonds is 3. The Morgan fingerprint density at radius 2 is 2.43 bits per heavy atom. The number of esters is 1. The molecule has 0 amide bonds. The van der Waals surface area contributed by atoms with Crippen molar-refractivity contribution in [1.29, 1.82) is 0 Å². The van der Waals surface area contributed by atoms with E-state index in [-0.39, 0.29) is 5.97 Å². The third kappa shape index (κ3) is 2.33. The molecule has 1 heterocycles. The fourth-order valence-corrected chi connectivity index (χ4v) is 2.24. The van der Waals surface area contributed by atoms with E-state index in [9.17, 15) is 4.79 Å². The van der Waals surface area contributed by atoms with Crippen LogP contribution in [0, 0.1) is 6.92 Å². The zero-order valence-electron chi connectivity index (χ0n) is 8.33. The second-order valence-electron chi connectivity index (χ2n) is 3.02. The molecule has 5 heteroatoms. The number of carbonyl (C=O) groups is 1. The molecular weight excluding hydrogens is 266 g/mol. The van der Waals surface area contributed by atoms with E-state index in [1.54, 1.807) is 13.8 Å². The minimum atomic E-state index is -0.818. The average Bonchev–Trinajstić information content (AvgIpc) is 2.52. The van der Waals surface area contributed by atoms with Gasteiger partial charge < -0.3 is 4.74 Å². The molecule has 0 aliphatic carbocycles. The summed E-state index contributed by atoms with van der Waals surface area (Å²) in [6.45, 7) is 5.82. The average molecular weight is 278 g/mol. The highest BCUT2D eigenvalue weighted by Crippen LogP contribution is 2.34. The maximum atomic E-state index is 11.6. The van der Waals surface area contributed by atoms with Crippen molar-refractivity contribution in [1.82, 2.24) is 4.98 Å². The second-order valence-corrected chi connectivity index (χ2v) is 5.46. The molecule has 3 nitrogen and oxygen atoms in total. The summed E-state index contributed by atoms with van der Waals surface area (Å²) in [5.41, 5.74) is 0.917. The molecule has 0 spiro atoms. The molecule has 0 aliphatic heterocycles. The monoisotopic (exact) mass is 277 g/mol. The van der Waals surface area contributed by atoms with E-state index >= 15 is 0 Å². The van der Waals surface area contributed by atoms with Crippen molar-refractivity contribution in [3.63, 3.8) is 0 Å². The van der Waals surface area contributed by atoms with Crippen LogP contribution in [0.4, 0.5) is 0 Å². The summed E-state index contributed by atoms with van der Waals surface area (Å²) in [6.07, 6.45) is 0. The molecule has 1 atom stereocenters. The van der Waals surface area contributed by atoms with Gasteiger partial charge in [0.05, 0.1) is 6.61 Å². The first kappa shape index (κ1) is 11.7. The number of ether oxygens (including phenoxy) is 1. The third-order valence-electron chi connectivity index (χ3n) is 1.68. The van der Waals surface area contributed by atoms with Crippen LogP contribution in [0.3, 0.4) is 0 Å². The van der Waals surface area contributed by atoms with E-state index in [1.165, 1.54) is 11.3 Å². The number of nitrogens with zero attached hydrogens (tertiary/aromatic N) is 1. The molecule has 1 aromatic rings. The maximum absolute atomic E-state index is 11.6. The quantitative estimate of drug-likeness (QED) is 0.630. The molecule has 0 unspecified atom stereocenters. The van der Waals surface area contributed by atoms with Gasteiger partial charge in [-0.15, -0.1) is 11.3 Å². The summed E-state index contributed by atoms with van der Waals surface area (Å²) in [5.74, 6) is -0.297. The molecule has 0 aliphatic rings. The van der Waals surface area contributed by atoms with Gasteiger partial charge in [-0.25, -0.2) is 4.98 Å². The standard InChI is InChI=1S/C9H12BrNO2S/c1-4-13-8(12)9(3,10)7-11-6(2)5-14-7/h5H,4H2,1-3H3/t9-/m1/s1. The van der Waals surface area contributed by atoms with Gasteiger partial charge in [0.2, 0.25) is 0 Å². The van der Waals surface area contributed by atoms with Gasteiger partial charge in [-0.3, -0.25) is 4.79 Å². The second kappa shape index (κ2) is 4.40. The molecule has 0 N–H and O–H groups in total. The van der Waals surface area contributed by atoms with E-state index in [1.807, 2.05) is 12.3 Å². The van der Waals surface area contributed by atoms with Crippen LogP contribution in [0.2, 0.25) is 0 Å². The van der Waals surface area contributed by atoms with E-state index in [0.717, 1.165) is 10.7 Å². The topological polar surface area (TPSA) is 39.2 Å². The highest BCUT2D eigenvalue weighted by Gasteiger charge is 2.36. The summed E-state index contributed by atoms with van der Waals surface area (Å²) in [4.78, 5) is 15.8. The van der Waals surface area contributed by atoms with Gasteiger partial charge in [0.25, 0.3) is 0 Å². The Labute approximate surface area is 95.6 Å². The normalized spacial score (nSPS) is 14.9. The maximum Gasteiger partial charge on any atom is 0.329 e. The minimum Gasteiger partial charge on any atom is -0.465 e. The highest BCUT2D eigenvalue weighted by molar-refractivity contribution is 9.10. The number of carbonyl (C=O) groups excluding carboxylic acids is 1. The van der Waals surface area contributed by atoms with Crippen LogP contribution in [0.25, 0.3) is 0 Å². The van der Waals surface area contributed by atoms with Crippen LogP contribution in [0.1, 0.15) is 24.5 Å². The summed E-state index contributed by atoms with van der Waals surface area (Å²) in [5, 5.41) is 2.64. The lowest BCUT2D eigenvalue weighted by atomic mass is 10.2. The van der Waals surface area contributed by atoms with Gasteiger partial charge in [0, 0.05) is 11.1 Å². The Hall–Kier alpha value is -0.420. The van der Waals surface area contributed by atoms with E-state index in [0.29, 0.717) is 6.61 Å². The molecule has 1 rings (SSSR count). The first-order chi connectivity index (χ1) is 6.48. The van der Waals surface area contributed by atoms with E-state index in [2.05, 4.69) is 20.9 Å². The number of aromatic nitrogens is 1. The fraction of sp³-hybridized carbons (Fsp3) is 0.556. The van der Waals surface area contributed by atoms with Gasteiger partial charge in [0.15, 0.2) is 4.32 Å². The Morgan fingerprint density at radius 1 is 1.79 bits per heavy atom. The molecule has 78 valence electrons. The summed E-state index contributed by atoms with van der Waals surface area (Å²) >= 11 is 4.80. The van der Waals surface area contributed by atoms with Crippen LogP contribution >= 0.6 is 27.3 Å². The number of halogens is 1. The van der Waals surface area contributed by atoms with Crippen molar-refractivity contribution in [3.8, 4) is 0 Å². The van der Waals surface area contributed by atoms with E-state index < -0.39 is 4.32 Å². The lowest BCUT2D eigenvalue weighted by molar-refractivity contribution is -0.145. The molecule has 1 aromatic heterocycles. The summed E-state index contributed by atoms with van der Waals surface area (Å²) in [6, 6.07) is 0. The molecular formula is C9H12BrNO2S. The largest absolute Gasteiger partial charge is 0.465 e. The van der Waals surface area contributed by atoms with Crippen molar-refractivity contribution >= 4 is 33.2 Å². The fourth-order valence-electron chi connectivity index (χ4n) is 0.924. The zero-order chi connectivity index (χ0) is 10.8. The SMILES string of the molecule is CCOC(=O)[C@](C)(Br)c1nc(C)cs1. The Kier molecular flexibility index (Phi) is 3.66. The first-order valence-electron chi connectivity index (χ1n) is 4.27. The molecule has 0 fully saturated rings. The van der Waals surface area contributed by atoms with Gasteiger partial charge in [-0.05, 0) is 20.8 Å². The molecule has 14 heavy (non-hydrogen) atoms. The Bertz CT molecular complexity index is 335. The van der Waals surface area contributed by atoms with Crippen LogP contribution in [0.15, 0.2) is 5.38 Å². The number of aryl methyl sites for hydroxylation is 1. The van der Waals surface area contributed by atoms with Gasteiger partial charge >= 0.3 is 5.97 Å². The molecule has 0 radical (unpaired) electrons. The molecule has 0 saturated heterocycles. The van der Waals surface area contributed by atoms with Crippen LogP contribution in [0.5, 0.6) is 0 Å². The van der Waals surface area contributed by atoms with Gasteiger partial charge in [-0.1, -0.05) is 15.9 Å². The highest BCUT2D eigenvalue weighted by atomic mass is 79.9. The number of hydrogen-bond acceptors (Lipinski definition) is 4. The Morgan fingerprint density at radius 3 is 2.86 bits per heavy atom. The van der Waals surface area contributed by atoms with Crippen molar-refractivity contribution in [2.75, 3.05) is 6.61 Å². The summed E-state index contributed by atoms with van der Waals surface area (Å²) < 4.78 is 4.13. The van der Waals surface area contributed by atoms with Crippen molar-refractivity contribution in [2.24, 2.45) is 0 Å². The summed E-state index contributed by atoms with van der Waals surface area (Å²) in [7, 11) is 0. The van der Waals surface area contributed by atoms with Crippen LogP contribution in [-0.4, -0.2) is 17.6 Å². The van der Waals surface area contributed by atoms with Crippen LogP contribution in [-0.2, 0) is 13.9 Å². The van der Waals surface area contributed by atoms with Crippen LogP contribution < -0.4 is 0 Å². The number of thiazole rings is 1. The van der Waals surface area contributed by atoms with Crippen molar-refractivity contribution in [3.05, 3.63) is 16.1 Å². The Balaban J connectivity index is 2.89.